The molecule has 24 rings (SSSR count). The fourth-order valence-corrected chi connectivity index (χ4v) is 16.1. The van der Waals surface area contributed by atoms with Crippen molar-refractivity contribution < 1.29 is 18.8 Å². The number of aromatic amines is 8. The molecule has 2 aromatic carbocycles. The lowest BCUT2D eigenvalue weighted by atomic mass is 10.0. The number of rotatable bonds is 20. The van der Waals surface area contributed by atoms with Crippen molar-refractivity contribution in [3.8, 4) is 135 Å². The number of para-hydroxylation sites is 1. The maximum absolute atomic E-state index is 13.9. The van der Waals surface area contributed by atoms with Crippen LogP contribution < -0.4 is 10.6 Å². The first-order chi connectivity index (χ1) is 67.7. The average Bonchev–Trinajstić information content (AvgIpc) is 1.62. The van der Waals surface area contributed by atoms with Crippen LogP contribution in [0.3, 0.4) is 0 Å². The SMILES string of the molecule is CC(C)CC(=O)Nc1cncc(-c2cnc3n[nH]c(-c4nc5c(-c6cccc(F)c6)cccc5[nH]4)c3c2)c1.CCC(=O)Cc1ccc(-c2cnc3n[nH]c(-c4nc5c(-c6cccnc6)cncc5[nH]4)c3c2)cn1.CCC(=O)Nc1cncc(-c2cnc3n[nH]c(-c4nc5c(-c6cccnc6)cncc5[nH]4)c3c2)c1.c1cncc(-c2cnc3n[nH]c(-c4nc5c(-c6cccnc6)cncc5[nH]4)c3c2)c1. The minimum absolute atomic E-state index is 0.0489. The number of amides is 2. The first-order valence-electron chi connectivity index (χ1n) is 43.9. The maximum atomic E-state index is 13.9. The Hall–Kier alpha value is -19.2. The molecule has 2 amide bonds. The highest BCUT2D eigenvalue weighted by molar-refractivity contribution is 6.03. The third-order valence-electron chi connectivity index (χ3n) is 22.9. The van der Waals surface area contributed by atoms with Crippen LogP contribution in [-0.4, -0.2) is 168 Å². The van der Waals surface area contributed by atoms with E-state index in [0.717, 1.165) is 172 Å². The van der Waals surface area contributed by atoms with E-state index < -0.39 is 0 Å². The topological polar surface area (TPSA) is 485 Å². The summed E-state index contributed by atoms with van der Waals surface area (Å²) in [7, 11) is 0. The predicted octanol–water partition coefficient (Wildman–Crippen LogP) is 19.3. The summed E-state index contributed by atoms with van der Waals surface area (Å²) in [4.78, 5) is 130. The van der Waals surface area contributed by atoms with Crippen molar-refractivity contribution >= 4 is 117 Å². The summed E-state index contributed by atoms with van der Waals surface area (Å²) in [5, 5.41) is 38.7. The Balaban J connectivity index is 0.000000110. The van der Waals surface area contributed by atoms with Crippen LogP contribution in [0.25, 0.3) is 223 Å². The monoisotopic (exact) mass is 1820 g/mol. The Morgan fingerprint density at radius 1 is 0.319 bits per heavy atom. The van der Waals surface area contributed by atoms with E-state index in [4.69, 9.17) is 19.9 Å². The van der Waals surface area contributed by atoms with E-state index in [1.807, 2.05) is 148 Å². The molecule has 670 valence electrons. The third-order valence-corrected chi connectivity index (χ3v) is 22.9. The van der Waals surface area contributed by atoms with E-state index >= 15 is 0 Å². The molecule has 0 aliphatic rings. The minimum Gasteiger partial charge on any atom is -0.337 e. The predicted molar refractivity (Wildman–Crippen MR) is 523 cm³/mol. The molecule has 35 nitrogen and oxygen atoms in total. The number of H-pyrrole nitrogens is 8. The fraction of sp³-hybridized carbons (Fsp3) is 0.0882. The highest BCUT2D eigenvalue weighted by atomic mass is 19.1. The molecule has 0 saturated carbocycles. The molecule has 22 heterocycles. The maximum Gasteiger partial charge on any atom is 0.224 e. The molecule has 22 aromatic heterocycles. The number of carbonyl (C=O) groups is 3. The van der Waals surface area contributed by atoms with Gasteiger partial charge in [-0.1, -0.05) is 82.3 Å². The molecule has 10 N–H and O–H groups in total. The number of carbonyl (C=O) groups excluding carboxylic acids is 3. The van der Waals surface area contributed by atoms with Crippen LogP contribution in [0.5, 0.6) is 0 Å². The Kier molecular flexibility index (Phi) is 23.3. The van der Waals surface area contributed by atoms with Crippen LogP contribution in [0.4, 0.5) is 15.8 Å². The average molecular weight is 1820 g/mol. The molecular formula is C102H77FN32O3. The Morgan fingerprint density at radius 2 is 0.681 bits per heavy atom. The molecule has 0 spiro atoms. The Morgan fingerprint density at radius 3 is 1.07 bits per heavy atom. The minimum atomic E-state index is -0.300. The van der Waals surface area contributed by atoms with Gasteiger partial charge in [0.25, 0.3) is 0 Å². The lowest BCUT2D eigenvalue weighted by molar-refractivity contribution is -0.118. The van der Waals surface area contributed by atoms with Crippen molar-refractivity contribution in [1.29, 1.82) is 0 Å². The molecule has 24 aromatic rings. The van der Waals surface area contributed by atoms with Gasteiger partial charge in [-0.25, -0.2) is 44.3 Å². The zero-order chi connectivity index (χ0) is 93.7. The van der Waals surface area contributed by atoms with Gasteiger partial charge in [0.1, 0.15) is 50.9 Å². The highest BCUT2D eigenvalue weighted by Gasteiger charge is 2.24. The number of hydrogen-bond acceptors (Lipinski definition) is 25. The van der Waals surface area contributed by atoms with E-state index in [0.29, 0.717) is 94.3 Å². The second kappa shape index (κ2) is 37.6. The largest absolute Gasteiger partial charge is 0.337 e. The van der Waals surface area contributed by atoms with E-state index in [-0.39, 0.29) is 29.3 Å². The van der Waals surface area contributed by atoms with E-state index in [1.165, 1.54) is 12.1 Å². The Bertz CT molecular complexity index is 8650. The summed E-state index contributed by atoms with van der Waals surface area (Å²) in [6.07, 6.45) is 42.0. The number of imidazole rings is 4. The van der Waals surface area contributed by atoms with Gasteiger partial charge >= 0.3 is 0 Å². The first kappa shape index (κ1) is 85.6. The van der Waals surface area contributed by atoms with E-state index in [9.17, 15) is 18.8 Å². The lowest BCUT2D eigenvalue weighted by Gasteiger charge is -2.08. The quantitative estimate of drug-likeness (QED) is 0.0339. The number of ketones is 1. The molecule has 0 aliphatic heterocycles. The first-order valence-corrected chi connectivity index (χ1v) is 43.9. The van der Waals surface area contributed by atoms with Gasteiger partial charge in [0.15, 0.2) is 45.9 Å². The van der Waals surface area contributed by atoms with Crippen molar-refractivity contribution in [2.45, 2.75) is 53.4 Å². The number of hydrogen-bond donors (Lipinski definition) is 10. The molecule has 0 radical (unpaired) electrons. The van der Waals surface area contributed by atoms with Crippen molar-refractivity contribution in [3.63, 3.8) is 0 Å². The lowest BCUT2D eigenvalue weighted by Crippen LogP contribution is -2.13. The van der Waals surface area contributed by atoms with Crippen LogP contribution in [0.2, 0.25) is 0 Å². The summed E-state index contributed by atoms with van der Waals surface area (Å²) in [6, 6.07) is 43.4. The van der Waals surface area contributed by atoms with Gasteiger partial charge in [-0.15, -0.1) is 0 Å². The van der Waals surface area contributed by atoms with Crippen LogP contribution >= 0.6 is 0 Å². The normalized spacial score (nSPS) is 11.3. The number of benzene rings is 2. The Labute approximate surface area is 780 Å². The number of fused-ring (bicyclic) bond motifs is 8. The van der Waals surface area contributed by atoms with Gasteiger partial charge in [0, 0.05) is 226 Å². The zero-order valence-corrected chi connectivity index (χ0v) is 73.9. The summed E-state index contributed by atoms with van der Waals surface area (Å²) >= 11 is 0. The molecule has 0 unspecified atom stereocenters. The van der Waals surface area contributed by atoms with Crippen molar-refractivity contribution in [1.82, 2.24) is 150 Å². The van der Waals surface area contributed by atoms with Gasteiger partial charge in [0.05, 0.1) is 91.5 Å². The summed E-state index contributed by atoms with van der Waals surface area (Å²) in [5.41, 5.74) is 27.9. The second-order valence-corrected chi connectivity index (χ2v) is 32.6. The highest BCUT2D eigenvalue weighted by Crippen LogP contribution is 2.40. The standard InChI is InChI=1S/C29H24FN7O.C26H20N8O.C25H19N9O.C22H14N8/c1-16(2)9-25(38)33-21-11-18(13-31-15-21)19-12-23-27(36-37-28(23)32-14-19)29-34-24-8-4-7-22(26(24)35-29)17-5-3-6-20(30)10-17;1-2-19(35)9-18-6-5-15(11-29-18)17-8-20-24(33-34-25(20)30-12-17)26-31-22-14-28-13-21(23(22)32-26)16-4-3-7-27-10-16;1-2-21(35)30-17-6-15(9-27-11-17)16-7-18-23(33-34-24(18)29-10-16)25-31-20-13-28-12-19(22(20)32-25)14-4-3-5-26-8-14;1-3-13(8-23-5-1)15-7-16-20(29-30-21(16)26-10-15)22-27-18-12-25-11-17(19(18)28-22)14-4-2-6-24-9-14/h3-8,10-16H,9H2,1-2H3,(H,33,38)(H,34,35)(H,32,36,37);3-8,10-14H,2,9H2,1H3,(H,31,32)(H,30,33,34);3-13H,2H2,1H3,(H,30,35)(H,31,32)(H,29,33,34);1-12H,(H,27,28)(H,26,29,30). The van der Waals surface area contributed by atoms with Crippen molar-refractivity contribution in [3.05, 3.63) is 294 Å². The third kappa shape index (κ3) is 17.8. The van der Waals surface area contributed by atoms with Crippen LogP contribution in [0.15, 0.2) is 282 Å². The second-order valence-electron chi connectivity index (χ2n) is 32.6. The van der Waals surface area contributed by atoms with Crippen LogP contribution in [-0.2, 0) is 20.8 Å². The van der Waals surface area contributed by atoms with Gasteiger partial charge in [-0.05, 0) is 96.4 Å². The molecule has 138 heavy (non-hydrogen) atoms. The molecule has 0 fully saturated rings. The molecule has 0 aliphatic carbocycles. The number of aromatic nitrogens is 30. The summed E-state index contributed by atoms with van der Waals surface area (Å²) in [5.74, 6) is 2.56. The van der Waals surface area contributed by atoms with Gasteiger partial charge in [0.2, 0.25) is 11.8 Å². The van der Waals surface area contributed by atoms with E-state index in [2.05, 4.69) is 141 Å². The smallest absolute Gasteiger partial charge is 0.224 e. The fourth-order valence-electron chi connectivity index (χ4n) is 16.1. The summed E-state index contributed by atoms with van der Waals surface area (Å²) < 4.78 is 13.9. The summed E-state index contributed by atoms with van der Waals surface area (Å²) in [6.45, 7) is 7.67. The molecule has 36 heteroatoms. The van der Waals surface area contributed by atoms with Crippen molar-refractivity contribution in [2.24, 2.45) is 5.92 Å². The van der Waals surface area contributed by atoms with E-state index in [1.54, 1.807) is 149 Å². The molecule has 0 bridgehead atoms. The number of Topliss-reactive ketones (excluding diaryl/α,β-unsaturated/α-hetero) is 1. The number of halogens is 1. The molecular weight excluding hydrogens is 1740 g/mol. The number of nitrogens with zero attached hydrogens (tertiary/aromatic N) is 22. The number of nitrogens with one attached hydrogen (secondary N) is 10. The van der Waals surface area contributed by atoms with Crippen LogP contribution in [0.1, 0.15) is 52.7 Å². The van der Waals surface area contributed by atoms with Crippen molar-refractivity contribution in [2.75, 3.05) is 10.6 Å². The van der Waals surface area contributed by atoms with Gasteiger partial charge in [-0.2, -0.15) is 20.4 Å². The number of pyridine rings is 14. The van der Waals surface area contributed by atoms with Crippen LogP contribution in [0, 0.1) is 11.7 Å². The van der Waals surface area contributed by atoms with Gasteiger partial charge < -0.3 is 30.6 Å². The van der Waals surface area contributed by atoms with Gasteiger partial charge in [-0.3, -0.25) is 84.6 Å². The molecule has 0 saturated heterocycles. The molecule has 0 atom stereocenters. The zero-order valence-electron chi connectivity index (χ0n) is 73.9. The number of anilines is 2.